The molecule has 0 aliphatic heterocycles. The predicted molar refractivity (Wildman–Crippen MR) is 148 cm³/mol. The highest BCUT2D eigenvalue weighted by Crippen LogP contribution is 2.32. The first-order chi connectivity index (χ1) is 18.6. The quantitative estimate of drug-likeness (QED) is 0.218. The van der Waals surface area contributed by atoms with E-state index in [1.165, 1.54) is 48.1 Å². The van der Waals surface area contributed by atoms with Crippen molar-refractivity contribution in [3.05, 3.63) is 122 Å². The Morgan fingerprint density at radius 2 is 1.74 bits per heavy atom. The van der Waals surface area contributed by atoms with Crippen molar-refractivity contribution in [3.63, 3.8) is 0 Å². The molecule has 4 aromatic rings. The maximum atomic E-state index is 13.5. The Kier molecular flexibility index (Phi) is 8.07. The molecule has 0 bridgehead atoms. The van der Waals surface area contributed by atoms with Crippen molar-refractivity contribution in [1.29, 1.82) is 0 Å². The molecule has 0 spiro atoms. The summed E-state index contributed by atoms with van der Waals surface area (Å²) in [6.07, 6.45) is 0.504. The van der Waals surface area contributed by atoms with E-state index in [-0.39, 0.29) is 22.7 Å². The molecular weight excluding hydrogens is 524 g/mol. The van der Waals surface area contributed by atoms with Gasteiger partial charge in [-0.25, -0.2) is 4.79 Å². The molecule has 0 saturated carbocycles. The molecule has 2 amide bonds. The highest BCUT2D eigenvalue weighted by Gasteiger charge is 2.24. The van der Waals surface area contributed by atoms with Gasteiger partial charge in [0.05, 0.1) is 10.5 Å². The first-order valence-corrected chi connectivity index (χ1v) is 12.1. The summed E-state index contributed by atoms with van der Waals surface area (Å²) in [5, 5.41) is 23.7. The maximum absolute atomic E-state index is 13.5. The number of carbonyl (C=O) groups is 2. The molecule has 2 N–H and O–H groups in total. The second kappa shape index (κ2) is 11.6. The van der Waals surface area contributed by atoms with Crippen molar-refractivity contribution in [3.8, 4) is 11.1 Å². The number of nitrogens with one attached hydrogen (secondary N) is 1. The van der Waals surface area contributed by atoms with E-state index >= 15 is 0 Å². The number of rotatable bonds is 8. The number of nitrogens with zero attached hydrogens (tertiary/aromatic N) is 3. The third kappa shape index (κ3) is 6.31. The summed E-state index contributed by atoms with van der Waals surface area (Å²) in [6, 6.07) is 21.3. The van der Waals surface area contributed by atoms with Crippen LogP contribution in [0.15, 0.2) is 95.9 Å². The number of benzene rings is 3. The topological polar surface area (TPSA) is 135 Å². The number of hydrogen-bond donors (Lipinski definition) is 2. The number of halogens is 1. The molecule has 1 aromatic heterocycles. The second-order valence-electron chi connectivity index (χ2n) is 8.66. The average Bonchev–Trinajstić information content (AvgIpc) is 2.92. The van der Waals surface area contributed by atoms with Crippen LogP contribution in [0.1, 0.15) is 11.6 Å². The molecule has 0 aliphatic rings. The summed E-state index contributed by atoms with van der Waals surface area (Å²) in [6.45, 7) is 0. The minimum absolute atomic E-state index is 0.187. The van der Waals surface area contributed by atoms with Crippen LogP contribution in [0.3, 0.4) is 0 Å². The predicted octanol–water partition coefficient (Wildman–Crippen LogP) is 5.61. The monoisotopic (exact) mass is 546 g/mol. The number of carboxylic acid groups (broad SMARTS) is 1. The fraction of sp³-hybridized carbons (Fsp3) is 0.107. The largest absolute Gasteiger partial charge is 0.465 e. The van der Waals surface area contributed by atoms with Gasteiger partial charge in [-0.2, -0.15) is 0 Å². The molecule has 11 heteroatoms. The SMILES string of the molecule is CN(C(=O)O)c1ccc(NC(=O)C(Cc2ccccc2)n2ccc(-c3cc(Cl)ccc3[N+](=O)[O-])cc2=O)cc1. The Morgan fingerprint density at radius 1 is 1.05 bits per heavy atom. The molecule has 10 nitrogen and oxygen atoms in total. The molecule has 4 rings (SSSR count). The Labute approximate surface area is 227 Å². The van der Waals surface area contributed by atoms with Gasteiger partial charge in [0.2, 0.25) is 5.91 Å². The van der Waals surface area contributed by atoms with Crippen LogP contribution >= 0.6 is 11.6 Å². The van der Waals surface area contributed by atoms with Crippen molar-refractivity contribution in [1.82, 2.24) is 4.57 Å². The molecule has 0 saturated heterocycles. The van der Waals surface area contributed by atoms with Gasteiger partial charge >= 0.3 is 6.09 Å². The number of pyridine rings is 1. The molecule has 1 heterocycles. The van der Waals surface area contributed by atoms with Crippen molar-refractivity contribution in [2.24, 2.45) is 0 Å². The normalized spacial score (nSPS) is 11.4. The summed E-state index contributed by atoms with van der Waals surface area (Å²) >= 11 is 6.05. The lowest BCUT2D eigenvalue weighted by atomic mass is 10.0. The molecule has 0 aliphatic carbocycles. The lowest BCUT2D eigenvalue weighted by Crippen LogP contribution is -2.34. The van der Waals surface area contributed by atoms with Gasteiger partial charge in [-0.3, -0.25) is 24.6 Å². The standard InChI is InChI=1S/C28H23ClN4O6/c1-31(28(36)37)22-10-8-21(9-11-22)30-27(35)25(15-18-5-3-2-4-6-18)32-14-13-19(16-26(32)34)23-17-20(29)7-12-24(23)33(38)39/h2-14,16-17,25H,15H2,1H3,(H,30,35)(H,36,37). The lowest BCUT2D eigenvalue weighted by Gasteiger charge is -2.20. The summed E-state index contributed by atoms with van der Waals surface area (Å²) < 4.78 is 1.27. The van der Waals surface area contributed by atoms with Gasteiger partial charge < -0.3 is 15.0 Å². The van der Waals surface area contributed by atoms with Gasteiger partial charge in [-0.05, 0) is 53.6 Å². The third-order valence-electron chi connectivity index (χ3n) is 6.13. The fourth-order valence-corrected chi connectivity index (χ4v) is 4.24. The zero-order valence-electron chi connectivity index (χ0n) is 20.7. The molecular formula is C28H23ClN4O6. The summed E-state index contributed by atoms with van der Waals surface area (Å²) in [7, 11) is 1.40. The molecule has 3 aromatic carbocycles. The summed E-state index contributed by atoms with van der Waals surface area (Å²) in [4.78, 5) is 49.9. The number of aromatic nitrogens is 1. The van der Waals surface area contributed by atoms with E-state index in [9.17, 15) is 24.5 Å². The van der Waals surface area contributed by atoms with Crippen LogP contribution in [0.5, 0.6) is 0 Å². The van der Waals surface area contributed by atoms with Crippen LogP contribution < -0.4 is 15.8 Å². The number of carbonyl (C=O) groups excluding carboxylic acids is 1. The Balaban J connectivity index is 1.68. The average molecular weight is 547 g/mol. The Bertz CT molecular complexity index is 1590. The van der Waals surface area contributed by atoms with E-state index in [2.05, 4.69) is 5.32 Å². The highest BCUT2D eigenvalue weighted by molar-refractivity contribution is 6.31. The van der Waals surface area contributed by atoms with E-state index in [1.54, 1.807) is 24.3 Å². The van der Waals surface area contributed by atoms with E-state index in [0.717, 1.165) is 10.5 Å². The van der Waals surface area contributed by atoms with Gasteiger partial charge in [-0.15, -0.1) is 0 Å². The number of hydrogen-bond acceptors (Lipinski definition) is 5. The fourth-order valence-electron chi connectivity index (χ4n) is 4.07. The van der Waals surface area contributed by atoms with Crippen LogP contribution in [0.4, 0.5) is 21.9 Å². The molecule has 1 unspecified atom stereocenters. The first-order valence-electron chi connectivity index (χ1n) is 11.7. The van der Waals surface area contributed by atoms with Crippen LogP contribution in [0.2, 0.25) is 5.02 Å². The number of nitro groups is 1. The van der Waals surface area contributed by atoms with Gasteiger partial charge in [0.15, 0.2) is 0 Å². The van der Waals surface area contributed by atoms with Crippen LogP contribution in [0.25, 0.3) is 11.1 Å². The lowest BCUT2D eigenvalue weighted by molar-refractivity contribution is -0.384. The van der Waals surface area contributed by atoms with Crippen LogP contribution in [-0.4, -0.2) is 33.6 Å². The third-order valence-corrected chi connectivity index (χ3v) is 6.37. The second-order valence-corrected chi connectivity index (χ2v) is 9.10. The van der Waals surface area contributed by atoms with E-state index < -0.39 is 28.5 Å². The minimum atomic E-state index is -1.12. The number of anilines is 2. The zero-order valence-corrected chi connectivity index (χ0v) is 21.4. The highest BCUT2D eigenvalue weighted by atomic mass is 35.5. The maximum Gasteiger partial charge on any atom is 0.411 e. The first kappa shape index (κ1) is 27.1. The molecule has 198 valence electrons. The van der Waals surface area contributed by atoms with Crippen LogP contribution in [0, 0.1) is 10.1 Å². The van der Waals surface area contributed by atoms with E-state index in [4.69, 9.17) is 16.7 Å². The number of nitro benzene ring substituents is 1. The minimum Gasteiger partial charge on any atom is -0.465 e. The Hall–Kier alpha value is -4.96. The Morgan fingerprint density at radius 3 is 2.36 bits per heavy atom. The summed E-state index contributed by atoms with van der Waals surface area (Å²) in [5.74, 6) is -0.471. The molecule has 1 atom stereocenters. The van der Waals surface area contributed by atoms with Crippen molar-refractivity contribution in [2.45, 2.75) is 12.5 Å². The van der Waals surface area contributed by atoms with Gasteiger partial charge in [0.1, 0.15) is 6.04 Å². The smallest absolute Gasteiger partial charge is 0.411 e. The zero-order chi connectivity index (χ0) is 28.1. The van der Waals surface area contributed by atoms with Crippen LogP contribution in [-0.2, 0) is 11.2 Å². The summed E-state index contributed by atoms with van der Waals surface area (Å²) in [5.41, 5.74) is 1.40. The van der Waals surface area contributed by atoms with Gasteiger partial charge in [-0.1, -0.05) is 41.9 Å². The van der Waals surface area contributed by atoms with Gasteiger partial charge in [0.25, 0.3) is 11.2 Å². The van der Waals surface area contributed by atoms with Crippen molar-refractivity contribution < 1.29 is 19.6 Å². The van der Waals surface area contributed by atoms with Gasteiger partial charge in [0, 0.05) is 48.2 Å². The molecule has 39 heavy (non-hydrogen) atoms. The molecule has 0 radical (unpaired) electrons. The van der Waals surface area contributed by atoms with E-state index in [1.807, 2.05) is 30.3 Å². The van der Waals surface area contributed by atoms with E-state index in [0.29, 0.717) is 16.9 Å². The van der Waals surface area contributed by atoms with Crippen molar-refractivity contribution >= 4 is 40.7 Å². The van der Waals surface area contributed by atoms with Crippen molar-refractivity contribution in [2.75, 3.05) is 17.3 Å². The molecule has 0 fully saturated rings. The number of amides is 2.